The number of anilines is 1. The highest BCUT2D eigenvalue weighted by Crippen LogP contribution is 2.31. The Morgan fingerprint density at radius 2 is 1.96 bits per heavy atom. The highest BCUT2D eigenvalue weighted by atomic mass is 32.2. The van der Waals surface area contributed by atoms with Gasteiger partial charge in [0.1, 0.15) is 5.82 Å². The highest BCUT2D eigenvalue weighted by molar-refractivity contribution is 7.91. The van der Waals surface area contributed by atoms with Crippen LogP contribution in [0.5, 0.6) is 0 Å². The molecule has 5 nitrogen and oxygen atoms in total. The van der Waals surface area contributed by atoms with Crippen LogP contribution < -0.4 is 10.2 Å². The predicted molar refractivity (Wildman–Crippen MR) is 106 cm³/mol. The van der Waals surface area contributed by atoms with Gasteiger partial charge in [-0.1, -0.05) is 6.07 Å². The number of pyridine rings is 1. The zero-order valence-electron chi connectivity index (χ0n) is 15.2. The molecule has 1 N–H and O–H groups in total. The van der Waals surface area contributed by atoms with E-state index >= 15 is 0 Å². The van der Waals surface area contributed by atoms with Crippen LogP contribution in [0.1, 0.15) is 6.42 Å². The van der Waals surface area contributed by atoms with Crippen molar-refractivity contribution in [3.63, 3.8) is 0 Å². The van der Waals surface area contributed by atoms with Crippen LogP contribution in [0.4, 0.5) is 10.1 Å². The second kappa shape index (κ2) is 6.53. The van der Waals surface area contributed by atoms with Gasteiger partial charge in [-0.2, -0.15) is 0 Å². The molecule has 5 rings (SSSR count). The number of fused-ring (bicyclic) bond motifs is 2. The van der Waals surface area contributed by atoms with Crippen molar-refractivity contribution in [2.75, 3.05) is 24.5 Å². The standard InChI is InChI=1S/C21H20FN3O2S/c22-16-2-1-3-18(10-16)28(26,27)19-9-15-8-17(4-5-20(15)24-11-19)25-12-14-6-7-23-21(14)13-25/h1-5,8-11,14,21,23H,6-7,12-13H2. The second-order valence-corrected chi connectivity index (χ2v) is 9.47. The van der Waals surface area contributed by atoms with Crippen molar-refractivity contribution in [1.29, 1.82) is 0 Å². The quantitative estimate of drug-likeness (QED) is 0.736. The van der Waals surface area contributed by atoms with Gasteiger partial charge in [0.25, 0.3) is 0 Å². The van der Waals surface area contributed by atoms with Crippen LogP contribution >= 0.6 is 0 Å². The molecule has 1 aromatic heterocycles. The van der Waals surface area contributed by atoms with Crippen LogP contribution in [0.3, 0.4) is 0 Å². The summed E-state index contributed by atoms with van der Waals surface area (Å²) in [4.78, 5) is 6.66. The number of nitrogens with zero attached hydrogens (tertiary/aromatic N) is 2. The van der Waals surface area contributed by atoms with Crippen molar-refractivity contribution in [3.8, 4) is 0 Å². The van der Waals surface area contributed by atoms with Crippen LogP contribution in [-0.2, 0) is 9.84 Å². The van der Waals surface area contributed by atoms with Crippen molar-refractivity contribution in [2.45, 2.75) is 22.3 Å². The fraction of sp³-hybridized carbons (Fsp3) is 0.286. The lowest BCUT2D eigenvalue weighted by atomic mass is 10.1. The van der Waals surface area contributed by atoms with Gasteiger partial charge in [0.2, 0.25) is 9.84 Å². The molecular formula is C21H20FN3O2S. The smallest absolute Gasteiger partial charge is 0.208 e. The van der Waals surface area contributed by atoms with Crippen LogP contribution in [-0.4, -0.2) is 39.1 Å². The van der Waals surface area contributed by atoms with E-state index in [1.54, 1.807) is 6.07 Å². The number of halogens is 1. The topological polar surface area (TPSA) is 62.3 Å². The van der Waals surface area contributed by atoms with Crippen molar-refractivity contribution in [1.82, 2.24) is 10.3 Å². The van der Waals surface area contributed by atoms with Crippen LogP contribution in [0.15, 0.2) is 64.5 Å². The average molecular weight is 397 g/mol. The third-order valence-corrected chi connectivity index (χ3v) is 7.50. The molecule has 2 unspecified atom stereocenters. The Morgan fingerprint density at radius 3 is 2.79 bits per heavy atom. The number of hydrogen-bond acceptors (Lipinski definition) is 5. The number of sulfone groups is 1. The lowest BCUT2D eigenvalue weighted by Crippen LogP contribution is -2.30. The minimum Gasteiger partial charge on any atom is -0.370 e. The summed E-state index contributed by atoms with van der Waals surface area (Å²) in [5.41, 5.74) is 1.81. The van der Waals surface area contributed by atoms with Gasteiger partial charge in [-0.25, -0.2) is 12.8 Å². The first-order chi connectivity index (χ1) is 13.5. The molecule has 2 saturated heterocycles. The van der Waals surface area contributed by atoms with Crippen LogP contribution in [0.25, 0.3) is 10.9 Å². The summed E-state index contributed by atoms with van der Waals surface area (Å²) in [7, 11) is -3.82. The van der Waals surface area contributed by atoms with E-state index < -0.39 is 15.7 Å². The summed E-state index contributed by atoms with van der Waals surface area (Å²) in [5, 5.41) is 4.31. The van der Waals surface area contributed by atoms with E-state index in [0.717, 1.165) is 42.3 Å². The molecule has 2 aromatic carbocycles. The summed E-state index contributed by atoms with van der Waals surface area (Å²) >= 11 is 0. The zero-order chi connectivity index (χ0) is 19.3. The Bertz CT molecular complexity index is 1150. The van der Waals surface area contributed by atoms with Gasteiger partial charge < -0.3 is 10.2 Å². The Hall–Kier alpha value is -2.51. The SMILES string of the molecule is O=S(=O)(c1cccc(F)c1)c1cnc2ccc(N3CC4CCNC4C3)cc2c1. The molecule has 144 valence electrons. The van der Waals surface area contributed by atoms with Crippen molar-refractivity contribution in [2.24, 2.45) is 5.92 Å². The number of rotatable bonds is 3. The molecular weight excluding hydrogens is 377 g/mol. The van der Waals surface area contributed by atoms with Crippen molar-refractivity contribution in [3.05, 3.63) is 60.5 Å². The maximum atomic E-state index is 13.5. The average Bonchev–Trinajstić information content (AvgIpc) is 3.29. The van der Waals surface area contributed by atoms with Gasteiger partial charge in [-0.3, -0.25) is 4.98 Å². The molecule has 0 amide bonds. The third kappa shape index (κ3) is 2.95. The molecule has 0 aliphatic carbocycles. The first-order valence-corrected chi connectivity index (χ1v) is 10.9. The largest absolute Gasteiger partial charge is 0.370 e. The maximum Gasteiger partial charge on any atom is 0.208 e. The molecule has 28 heavy (non-hydrogen) atoms. The Morgan fingerprint density at radius 1 is 1.07 bits per heavy atom. The van der Waals surface area contributed by atoms with Crippen molar-refractivity contribution < 1.29 is 12.8 Å². The van der Waals surface area contributed by atoms with Gasteiger partial charge in [0.05, 0.1) is 15.3 Å². The van der Waals surface area contributed by atoms with Gasteiger partial charge >= 0.3 is 0 Å². The third-order valence-electron chi connectivity index (χ3n) is 5.78. The fourth-order valence-electron chi connectivity index (χ4n) is 4.27. The van der Waals surface area contributed by atoms with E-state index in [4.69, 9.17) is 0 Å². The molecule has 2 aliphatic heterocycles. The van der Waals surface area contributed by atoms with Gasteiger partial charge in [-0.15, -0.1) is 0 Å². The Labute approximate surface area is 163 Å². The molecule has 3 heterocycles. The summed E-state index contributed by atoms with van der Waals surface area (Å²) in [5.74, 6) is 0.0961. The van der Waals surface area contributed by atoms with E-state index in [2.05, 4.69) is 15.2 Å². The molecule has 7 heteroatoms. The van der Waals surface area contributed by atoms with Crippen LogP contribution in [0.2, 0.25) is 0 Å². The summed E-state index contributed by atoms with van der Waals surface area (Å²) in [6.45, 7) is 3.06. The maximum absolute atomic E-state index is 13.5. The lowest BCUT2D eigenvalue weighted by Gasteiger charge is -2.20. The first kappa shape index (κ1) is 17.6. The summed E-state index contributed by atoms with van der Waals surface area (Å²) < 4.78 is 39.3. The van der Waals surface area contributed by atoms with E-state index in [1.165, 1.54) is 30.8 Å². The van der Waals surface area contributed by atoms with Crippen LogP contribution in [0, 0.1) is 11.7 Å². The summed E-state index contributed by atoms with van der Waals surface area (Å²) in [6.07, 6.45) is 2.54. The predicted octanol–water partition coefficient (Wildman–Crippen LogP) is 3.00. The molecule has 2 fully saturated rings. The monoisotopic (exact) mass is 397 g/mol. The van der Waals surface area contributed by atoms with Gasteiger partial charge in [0, 0.05) is 36.4 Å². The highest BCUT2D eigenvalue weighted by Gasteiger charge is 2.36. The zero-order valence-corrected chi connectivity index (χ0v) is 16.0. The number of aromatic nitrogens is 1. The summed E-state index contributed by atoms with van der Waals surface area (Å²) in [6, 6.07) is 13.2. The minimum atomic E-state index is -3.82. The van der Waals surface area contributed by atoms with E-state index in [-0.39, 0.29) is 9.79 Å². The number of hydrogen-bond donors (Lipinski definition) is 1. The van der Waals surface area contributed by atoms with Gasteiger partial charge in [-0.05, 0) is 61.3 Å². The minimum absolute atomic E-state index is 0.0664. The van der Waals surface area contributed by atoms with E-state index in [0.29, 0.717) is 12.0 Å². The Balaban J connectivity index is 1.52. The molecule has 0 saturated carbocycles. The van der Waals surface area contributed by atoms with Gasteiger partial charge in [0.15, 0.2) is 0 Å². The number of nitrogens with one attached hydrogen (secondary N) is 1. The fourth-order valence-corrected chi connectivity index (χ4v) is 5.54. The molecule has 0 radical (unpaired) electrons. The molecule has 2 atom stereocenters. The van der Waals surface area contributed by atoms with Crippen molar-refractivity contribution >= 4 is 26.4 Å². The first-order valence-electron chi connectivity index (χ1n) is 9.39. The molecule has 3 aromatic rings. The molecule has 0 bridgehead atoms. The molecule has 0 spiro atoms. The second-order valence-electron chi connectivity index (χ2n) is 7.52. The Kier molecular flexibility index (Phi) is 4.10. The normalized spacial score (nSPS) is 22.0. The lowest BCUT2D eigenvalue weighted by molar-refractivity contribution is 0.556. The van der Waals surface area contributed by atoms with E-state index in [1.807, 2.05) is 18.2 Å². The molecule has 2 aliphatic rings. The number of benzene rings is 2. The van der Waals surface area contributed by atoms with E-state index in [9.17, 15) is 12.8 Å².